The zero-order chi connectivity index (χ0) is 20.5. The highest BCUT2D eigenvalue weighted by Gasteiger charge is 2.35. The molecule has 1 heterocycles. The zero-order valence-corrected chi connectivity index (χ0v) is 21.6. The molecule has 1 aliphatic heterocycles. The van der Waals surface area contributed by atoms with Crippen molar-refractivity contribution in [2.45, 2.75) is 60.0 Å². The lowest BCUT2D eigenvalue weighted by molar-refractivity contribution is -0.0823. The van der Waals surface area contributed by atoms with E-state index in [9.17, 15) is 8.42 Å². The van der Waals surface area contributed by atoms with Crippen molar-refractivity contribution in [1.82, 2.24) is 14.9 Å². The predicted octanol–water partition coefficient (Wildman–Crippen LogP) is 2.67. The SMILES string of the molecule is CCNC(=NCC1CCCOC1C(C)(C)C)NCCCN(C)S(=O)(=O)CC.I. The lowest BCUT2D eigenvalue weighted by Gasteiger charge is -2.39. The van der Waals surface area contributed by atoms with Crippen molar-refractivity contribution in [3.05, 3.63) is 0 Å². The molecule has 7 nitrogen and oxygen atoms in total. The molecule has 0 bridgehead atoms. The standard InChI is InChI=1S/C19H40N4O3S.HI/c1-7-20-18(21-12-10-13-23(6)27(24,25)8-2)22-15-16-11-9-14-26-17(16)19(3,4)5;/h16-17H,7-15H2,1-6H3,(H2,20,21,22);1H. The highest BCUT2D eigenvalue weighted by molar-refractivity contribution is 14.0. The Labute approximate surface area is 189 Å². The Morgan fingerprint density at radius 1 is 1.25 bits per heavy atom. The summed E-state index contributed by atoms with van der Waals surface area (Å²) in [5.41, 5.74) is 0.113. The fourth-order valence-electron chi connectivity index (χ4n) is 3.41. The topological polar surface area (TPSA) is 83.0 Å². The van der Waals surface area contributed by atoms with Crippen molar-refractivity contribution >= 4 is 40.0 Å². The van der Waals surface area contributed by atoms with E-state index in [2.05, 4.69) is 31.4 Å². The fraction of sp³-hybridized carbons (Fsp3) is 0.947. The van der Waals surface area contributed by atoms with Crippen molar-refractivity contribution < 1.29 is 13.2 Å². The molecule has 2 N–H and O–H groups in total. The quantitative estimate of drug-likeness (QED) is 0.207. The number of hydrogen-bond donors (Lipinski definition) is 2. The van der Waals surface area contributed by atoms with E-state index in [0.29, 0.717) is 19.0 Å². The first-order valence-electron chi connectivity index (χ1n) is 10.2. The summed E-state index contributed by atoms with van der Waals surface area (Å²) in [5.74, 6) is 1.35. The second-order valence-electron chi connectivity index (χ2n) is 8.28. The number of nitrogens with zero attached hydrogens (tertiary/aromatic N) is 2. The maximum absolute atomic E-state index is 11.8. The summed E-state index contributed by atoms with van der Waals surface area (Å²) in [6.45, 7) is 13.9. The predicted molar refractivity (Wildman–Crippen MR) is 128 cm³/mol. The second kappa shape index (κ2) is 13.2. The van der Waals surface area contributed by atoms with E-state index in [1.807, 2.05) is 6.92 Å². The van der Waals surface area contributed by atoms with Gasteiger partial charge in [0.15, 0.2) is 5.96 Å². The first-order chi connectivity index (χ1) is 12.6. The second-order valence-corrected chi connectivity index (χ2v) is 10.6. The summed E-state index contributed by atoms with van der Waals surface area (Å²) in [6, 6.07) is 0. The van der Waals surface area contributed by atoms with E-state index in [0.717, 1.165) is 44.9 Å². The highest BCUT2D eigenvalue weighted by Crippen LogP contribution is 2.34. The number of halogens is 1. The van der Waals surface area contributed by atoms with Crippen molar-refractivity contribution in [3.63, 3.8) is 0 Å². The van der Waals surface area contributed by atoms with Gasteiger partial charge in [0.25, 0.3) is 0 Å². The van der Waals surface area contributed by atoms with Gasteiger partial charge in [0.05, 0.1) is 11.9 Å². The Hall–Kier alpha value is -0.130. The molecule has 1 fully saturated rings. The summed E-state index contributed by atoms with van der Waals surface area (Å²) in [5, 5.41) is 6.59. The first-order valence-corrected chi connectivity index (χ1v) is 11.8. The van der Waals surface area contributed by atoms with E-state index in [1.54, 1.807) is 14.0 Å². The van der Waals surface area contributed by atoms with E-state index >= 15 is 0 Å². The van der Waals surface area contributed by atoms with Gasteiger partial charge < -0.3 is 15.4 Å². The molecule has 2 unspecified atom stereocenters. The lowest BCUT2D eigenvalue weighted by Crippen LogP contribution is -2.43. The van der Waals surface area contributed by atoms with Crippen LogP contribution in [0.2, 0.25) is 0 Å². The minimum absolute atomic E-state index is 0. The molecule has 0 spiro atoms. The molecule has 9 heteroatoms. The number of sulfonamides is 1. The average molecular weight is 533 g/mol. The molecule has 1 aliphatic rings. The minimum atomic E-state index is -3.11. The summed E-state index contributed by atoms with van der Waals surface area (Å²) in [4.78, 5) is 4.77. The molecular weight excluding hydrogens is 491 g/mol. The van der Waals surface area contributed by atoms with Gasteiger partial charge in [-0.25, -0.2) is 12.7 Å². The summed E-state index contributed by atoms with van der Waals surface area (Å²) in [6.07, 6.45) is 3.20. The van der Waals surface area contributed by atoms with Gasteiger partial charge in [-0.05, 0) is 38.5 Å². The van der Waals surface area contributed by atoms with Gasteiger partial charge in [0.2, 0.25) is 10.0 Å². The van der Waals surface area contributed by atoms with Crippen LogP contribution in [0.15, 0.2) is 4.99 Å². The van der Waals surface area contributed by atoms with Crippen molar-refractivity contribution in [1.29, 1.82) is 0 Å². The number of guanidine groups is 1. The number of nitrogens with one attached hydrogen (secondary N) is 2. The van der Waals surface area contributed by atoms with Crippen LogP contribution in [0.25, 0.3) is 0 Å². The van der Waals surface area contributed by atoms with E-state index in [4.69, 9.17) is 9.73 Å². The number of hydrogen-bond acceptors (Lipinski definition) is 4. The molecule has 28 heavy (non-hydrogen) atoms. The van der Waals surface area contributed by atoms with Crippen LogP contribution in [0.3, 0.4) is 0 Å². The monoisotopic (exact) mass is 532 g/mol. The molecule has 1 rings (SSSR count). The van der Waals surface area contributed by atoms with Crippen LogP contribution >= 0.6 is 24.0 Å². The summed E-state index contributed by atoms with van der Waals surface area (Å²) >= 11 is 0. The normalized spacial score (nSPS) is 21.3. The number of ether oxygens (including phenoxy) is 1. The van der Waals surface area contributed by atoms with Crippen LogP contribution in [0, 0.1) is 11.3 Å². The lowest BCUT2D eigenvalue weighted by atomic mass is 9.78. The van der Waals surface area contributed by atoms with E-state index < -0.39 is 10.0 Å². The molecule has 0 aliphatic carbocycles. The molecule has 0 amide bonds. The number of aliphatic imine (C=N–C) groups is 1. The van der Waals surface area contributed by atoms with Crippen LogP contribution in [0.4, 0.5) is 0 Å². The Bertz CT molecular complexity index is 564. The van der Waals surface area contributed by atoms with Gasteiger partial charge in [0.1, 0.15) is 0 Å². The molecule has 0 aromatic rings. The Morgan fingerprint density at radius 3 is 2.50 bits per heavy atom. The van der Waals surface area contributed by atoms with Crippen molar-refractivity contribution in [3.8, 4) is 0 Å². The van der Waals surface area contributed by atoms with Gasteiger partial charge in [-0.1, -0.05) is 20.8 Å². The molecular formula is C19H41IN4O3S. The highest BCUT2D eigenvalue weighted by atomic mass is 127. The summed E-state index contributed by atoms with van der Waals surface area (Å²) < 4.78 is 31.0. The van der Waals surface area contributed by atoms with Gasteiger partial charge in [0, 0.05) is 45.8 Å². The van der Waals surface area contributed by atoms with Crippen LogP contribution in [-0.2, 0) is 14.8 Å². The van der Waals surface area contributed by atoms with E-state index in [1.165, 1.54) is 4.31 Å². The Balaban J connectivity index is 0.00000729. The largest absolute Gasteiger partial charge is 0.377 e. The fourth-order valence-corrected chi connectivity index (χ4v) is 4.25. The van der Waals surface area contributed by atoms with Crippen LogP contribution < -0.4 is 10.6 Å². The van der Waals surface area contributed by atoms with Crippen LogP contribution in [-0.4, -0.2) is 70.4 Å². The van der Waals surface area contributed by atoms with E-state index in [-0.39, 0.29) is 41.2 Å². The molecule has 0 aromatic heterocycles. The maximum atomic E-state index is 11.8. The maximum Gasteiger partial charge on any atom is 0.213 e. The third-order valence-corrected chi connectivity index (χ3v) is 6.77. The Morgan fingerprint density at radius 2 is 1.93 bits per heavy atom. The molecule has 168 valence electrons. The number of rotatable bonds is 9. The van der Waals surface area contributed by atoms with Crippen molar-refractivity contribution in [2.24, 2.45) is 16.3 Å². The first kappa shape index (κ1) is 27.9. The third kappa shape index (κ3) is 9.58. The molecule has 0 saturated carbocycles. The zero-order valence-electron chi connectivity index (χ0n) is 18.5. The van der Waals surface area contributed by atoms with Crippen molar-refractivity contribution in [2.75, 3.05) is 45.6 Å². The van der Waals surface area contributed by atoms with Crippen LogP contribution in [0.5, 0.6) is 0 Å². The van der Waals surface area contributed by atoms with Gasteiger partial charge in [-0.3, -0.25) is 4.99 Å². The molecule has 0 radical (unpaired) electrons. The van der Waals surface area contributed by atoms with Gasteiger partial charge in [-0.15, -0.1) is 24.0 Å². The van der Waals surface area contributed by atoms with Crippen LogP contribution in [0.1, 0.15) is 53.9 Å². The summed E-state index contributed by atoms with van der Waals surface area (Å²) in [7, 11) is -1.48. The molecule has 1 saturated heterocycles. The third-order valence-electron chi connectivity index (χ3n) is 4.91. The minimum Gasteiger partial charge on any atom is -0.377 e. The smallest absolute Gasteiger partial charge is 0.213 e. The average Bonchev–Trinajstić information content (AvgIpc) is 2.62. The van der Waals surface area contributed by atoms with Gasteiger partial charge >= 0.3 is 0 Å². The van der Waals surface area contributed by atoms with Gasteiger partial charge in [-0.2, -0.15) is 0 Å². The molecule has 0 aromatic carbocycles. The molecule has 2 atom stereocenters. The Kier molecular flexibility index (Phi) is 13.2.